The van der Waals surface area contributed by atoms with Crippen molar-refractivity contribution in [1.82, 2.24) is 9.97 Å². The zero-order chi connectivity index (χ0) is 15.7. The predicted octanol–water partition coefficient (Wildman–Crippen LogP) is 1.20. The van der Waals surface area contributed by atoms with Crippen LogP contribution in [0.25, 0.3) is 12.2 Å². The lowest BCUT2D eigenvalue weighted by Crippen LogP contribution is -2.30. The fourth-order valence-electron chi connectivity index (χ4n) is 2.16. The van der Waals surface area contributed by atoms with Gasteiger partial charge in [0.05, 0.1) is 12.0 Å². The van der Waals surface area contributed by atoms with Gasteiger partial charge in [-0.15, -0.1) is 0 Å². The summed E-state index contributed by atoms with van der Waals surface area (Å²) in [5, 5.41) is 11.1. The van der Waals surface area contributed by atoms with Gasteiger partial charge in [-0.1, -0.05) is 0 Å². The average molecular weight is 315 g/mol. The Kier molecular flexibility index (Phi) is 3.64. The minimum absolute atomic E-state index is 0.118. The van der Waals surface area contributed by atoms with Gasteiger partial charge in [0, 0.05) is 10.8 Å². The second-order valence-electron chi connectivity index (χ2n) is 4.66. The number of amides is 1. The van der Waals surface area contributed by atoms with Crippen molar-refractivity contribution >= 4 is 30.3 Å². The lowest BCUT2D eigenvalue weighted by molar-refractivity contribution is -0.114. The topological polar surface area (TPSA) is 90.5 Å². The van der Waals surface area contributed by atoms with Gasteiger partial charge in [0.1, 0.15) is 11.4 Å². The van der Waals surface area contributed by atoms with E-state index in [2.05, 4.69) is 15.0 Å². The summed E-state index contributed by atoms with van der Waals surface area (Å²) in [5.74, 6) is 0.217. The minimum atomic E-state index is -0.378. The van der Waals surface area contributed by atoms with Crippen molar-refractivity contribution in [2.75, 3.05) is 6.61 Å². The minimum Gasteiger partial charge on any atom is -0.494 e. The van der Waals surface area contributed by atoms with Gasteiger partial charge in [0.25, 0.3) is 5.91 Å². The molecule has 6 nitrogen and oxygen atoms in total. The number of carbonyl (C=O) groups is 1. The third-order valence-electron chi connectivity index (χ3n) is 3.13. The molecule has 3 N–H and O–H groups in total. The molecule has 2 heterocycles. The molecule has 0 spiro atoms. The molecule has 1 amide bonds. The molecule has 1 aliphatic heterocycles. The van der Waals surface area contributed by atoms with E-state index >= 15 is 0 Å². The second kappa shape index (κ2) is 5.61. The third-order valence-corrected chi connectivity index (χ3v) is 3.33. The van der Waals surface area contributed by atoms with Gasteiger partial charge in [-0.05, 0) is 49.5 Å². The Bertz CT molecular complexity index is 953. The number of hydrogen-bond acceptors (Lipinski definition) is 4. The monoisotopic (exact) mass is 315 g/mol. The maximum absolute atomic E-state index is 12.1. The van der Waals surface area contributed by atoms with Crippen LogP contribution in [0, 0.1) is 4.77 Å². The predicted molar refractivity (Wildman–Crippen MR) is 83.5 cm³/mol. The smallest absolute Gasteiger partial charge is 0.277 e. The summed E-state index contributed by atoms with van der Waals surface area (Å²) >= 11 is 4.89. The SMILES string of the molecule is CCOc1ccc2c(c1)=CC(=Cc1[nH]c(=S)[nH]c1O)C(=O)N=2. The van der Waals surface area contributed by atoms with Crippen molar-refractivity contribution in [3.8, 4) is 11.6 Å². The fourth-order valence-corrected chi connectivity index (χ4v) is 2.37. The van der Waals surface area contributed by atoms with Crippen LogP contribution in [0.5, 0.6) is 11.6 Å². The molecule has 112 valence electrons. The first-order chi connectivity index (χ1) is 10.6. The first kappa shape index (κ1) is 14.3. The molecule has 0 radical (unpaired) electrons. The molecule has 1 aromatic carbocycles. The number of aromatic nitrogens is 2. The molecule has 0 unspecified atom stereocenters. The maximum Gasteiger partial charge on any atom is 0.277 e. The van der Waals surface area contributed by atoms with E-state index in [1.807, 2.05) is 13.0 Å². The van der Waals surface area contributed by atoms with Crippen molar-refractivity contribution < 1.29 is 14.6 Å². The lowest BCUT2D eigenvalue weighted by Gasteiger charge is -2.06. The molecule has 0 atom stereocenters. The van der Waals surface area contributed by atoms with Gasteiger partial charge < -0.3 is 19.8 Å². The number of rotatable bonds is 3. The van der Waals surface area contributed by atoms with Crippen LogP contribution in [0.1, 0.15) is 12.6 Å². The zero-order valence-corrected chi connectivity index (χ0v) is 12.5. The Hall–Kier alpha value is -2.67. The van der Waals surface area contributed by atoms with Crippen molar-refractivity contribution in [2.24, 2.45) is 4.99 Å². The van der Waals surface area contributed by atoms with E-state index < -0.39 is 0 Å². The van der Waals surface area contributed by atoms with E-state index in [0.717, 1.165) is 5.22 Å². The van der Waals surface area contributed by atoms with Crippen molar-refractivity contribution in [2.45, 2.75) is 6.92 Å². The first-order valence-electron chi connectivity index (χ1n) is 6.67. The number of aromatic amines is 2. The van der Waals surface area contributed by atoms with Gasteiger partial charge in [-0.3, -0.25) is 4.79 Å². The molecule has 0 aliphatic carbocycles. The van der Waals surface area contributed by atoms with Gasteiger partial charge in [-0.25, -0.2) is 4.99 Å². The normalized spacial score (nSPS) is 15.1. The number of benzene rings is 1. The maximum atomic E-state index is 12.1. The van der Waals surface area contributed by atoms with E-state index in [9.17, 15) is 9.90 Å². The highest BCUT2D eigenvalue weighted by atomic mass is 32.1. The largest absolute Gasteiger partial charge is 0.494 e. The van der Waals surface area contributed by atoms with Crippen molar-refractivity contribution in [1.29, 1.82) is 0 Å². The zero-order valence-electron chi connectivity index (χ0n) is 11.7. The Labute approximate surface area is 130 Å². The van der Waals surface area contributed by atoms with Crippen molar-refractivity contribution in [3.05, 3.63) is 44.8 Å². The highest BCUT2D eigenvalue weighted by Gasteiger charge is 2.12. The van der Waals surface area contributed by atoms with Gasteiger partial charge in [0.15, 0.2) is 4.77 Å². The number of hydrogen-bond donors (Lipinski definition) is 3. The summed E-state index contributed by atoms with van der Waals surface area (Å²) in [5.41, 5.74) is 0.686. The molecule has 1 aromatic heterocycles. The fraction of sp³-hybridized carbons (Fsp3) is 0.133. The number of imidazole rings is 1. The van der Waals surface area contributed by atoms with Gasteiger partial charge in [-0.2, -0.15) is 0 Å². The van der Waals surface area contributed by atoms with Crippen LogP contribution in [-0.4, -0.2) is 27.6 Å². The van der Waals surface area contributed by atoms with E-state index in [-0.39, 0.29) is 16.6 Å². The quantitative estimate of drug-likeness (QED) is 0.586. The van der Waals surface area contributed by atoms with Crippen LogP contribution in [0.3, 0.4) is 0 Å². The molecule has 0 fully saturated rings. The van der Waals surface area contributed by atoms with E-state index in [1.54, 1.807) is 18.2 Å². The molecule has 2 aromatic rings. The number of fused-ring (bicyclic) bond motifs is 1. The number of ether oxygens (including phenoxy) is 1. The number of nitrogens with zero attached hydrogens (tertiary/aromatic N) is 1. The molecule has 1 aliphatic rings. The first-order valence-corrected chi connectivity index (χ1v) is 7.08. The summed E-state index contributed by atoms with van der Waals surface area (Å²) in [4.78, 5) is 21.4. The Morgan fingerprint density at radius 1 is 1.41 bits per heavy atom. The highest BCUT2D eigenvalue weighted by molar-refractivity contribution is 7.71. The summed E-state index contributed by atoms with van der Waals surface area (Å²) in [6.45, 7) is 2.46. The number of nitrogens with one attached hydrogen (secondary N) is 2. The third kappa shape index (κ3) is 2.71. The van der Waals surface area contributed by atoms with E-state index in [1.165, 1.54) is 6.08 Å². The van der Waals surface area contributed by atoms with Crippen LogP contribution < -0.4 is 15.3 Å². The Morgan fingerprint density at radius 3 is 2.91 bits per heavy atom. The molecule has 22 heavy (non-hydrogen) atoms. The average Bonchev–Trinajstić information content (AvgIpc) is 2.78. The highest BCUT2D eigenvalue weighted by Crippen LogP contribution is 2.17. The van der Waals surface area contributed by atoms with Crippen LogP contribution in [0.4, 0.5) is 0 Å². The van der Waals surface area contributed by atoms with Crippen LogP contribution >= 0.6 is 12.2 Å². The van der Waals surface area contributed by atoms with Crippen LogP contribution in [-0.2, 0) is 4.79 Å². The Morgan fingerprint density at radius 2 is 2.23 bits per heavy atom. The molecule has 0 saturated heterocycles. The molecular formula is C15H13N3O3S. The lowest BCUT2D eigenvalue weighted by atomic mass is 10.1. The Balaban J connectivity index is 2.11. The molecular weight excluding hydrogens is 302 g/mol. The number of carbonyl (C=O) groups excluding carboxylic acids is 1. The summed E-state index contributed by atoms with van der Waals surface area (Å²) in [6, 6.07) is 5.34. The molecule has 0 saturated carbocycles. The second-order valence-corrected chi connectivity index (χ2v) is 5.06. The van der Waals surface area contributed by atoms with Gasteiger partial charge >= 0.3 is 0 Å². The molecule has 3 rings (SSSR count). The number of H-pyrrole nitrogens is 2. The molecule has 0 bridgehead atoms. The van der Waals surface area contributed by atoms with Gasteiger partial charge in [0.2, 0.25) is 5.88 Å². The summed E-state index contributed by atoms with van der Waals surface area (Å²) in [7, 11) is 0. The summed E-state index contributed by atoms with van der Waals surface area (Å²) in [6.07, 6.45) is 3.21. The van der Waals surface area contributed by atoms with Crippen LogP contribution in [0.2, 0.25) is 0 Å². The summed E-state index contributed by atoms with van der Waals surface area (Å²) < 4.78 is 5.72. The van der Waals surface area contributed by atoms with E-state index in [4.69, 9.17) is 17.0 Å². The van der Waals surface area contributed by atoms with E-state index in [0.29, 0.717) is 29.0 Å². The molecule has 7 heteroatoms. The van der Waals surface area contributed by atoms with Crippen LogP contribution in [0.15, 0.2) is 28.8 Å². The number of aromatic hydroxyl groups is 1. The standard InChI is InChI=1S/C15H13N3O3S/c1-2-21-10-3-4-11-8(6-10)5-9(13(19)16-11)7-12-14(20)18-15(22)17-12/h3-7,20H,2H2,1H3,(H2,17,18,22). The van der Waals surface area contributed by atoms with Crippen molar-refractivity contribution in [3.63, 3.8) is 0 Å².